The van der Waals surface area contributed by atoms with Crippen LogP contribution in [-0.4, -0.2) is 40.8 Å². The third-order valence-corrected chi connectivity index (χ3v) is 4.04. The van der Waals surface area contributed by atoms with Crippen LogP contribution >= 0.6 is 0 Å². The van der Waals surface area contributed by atoms with Crippen LogP contribution in [0.5, 0.6) is 11.5 Å². The normalized spacial score (nSPS) is 11.6. The van der Waals surface area contributed by atoms with E-state index in [4.69, 9.17) is 14.3 Å². The molecule has 7 heteroatoms. The molecule has 0 atom stereocenters. The Bertz CT molecular complexity index is 500. The fraction of sp³-hybridized carbons (Fsp3) is 0.455. The first-order valence-electron chi connectivity index (χ1n) is 5.31. The van der Waals surface area contributed by atoms with Crippen LogP contribution in [-0.2, 0) is 14.9 Å². The van der Waals surface area contributed by atoms with E-state index in [1.165, 1.54) is 33.4 Å². The average molecular weight is 275 g/mol. The molecule has 1 rings (SSSR count). The van der Waals surface area contributed by atoms with Gasteiger partial charge in [0.05, 0.1) is 20.8 Å². The minimum absolute atomic E-state index is 0.0257. The summed E-state index contributed by atoms with van der Waals surface area (Å²) < 4.78 is 35.3. The smallest absolute Gasteiger partial charge is 0.268 e. The molecule has 0 unspecified atom stereocenters. The maximum absolute atomic E-state index is 12.1. The van der Waals surface area contributed by atoms with E-state index < -0.39 is 10.0 Å². The second-order valence-corrected chi connectivity index (χ2v) is 5.25. The molecule has 0 aliphatic carbocycles. The van der Waals surface area contributed by atoms with Gasteiger partial charge in [0.1, 0.15) is 16.4 Å². The summed E-state index contributed by atoms with van der Waals surface area (Å²) in [4.78, 5) is 4.73. The quantitative estimate of drug-likeness (QED) is 0.732. The van der Waals surface area contributed by atoms with Crippen LogP contribution in [0.3, 0.4) is 0 Å². The maximum Gasteiger partial charge on any atom is 0.268 e. The number of hydrogen-bond acceptors (Lipinski definition) is 5. The number of rotatable bonds is 6. The number of ether oxygens (including phenoxy) is 2. The van der Waals surface area contributed by atoms with Crippen LogP contribution in [0, 0.1) is 0 Å². The molecule has 0 heterocycles. The van der Waals surface area contributed by atoms with Gasteiger partial charge >= 0.3 is 0 Å². The van der Waals surface area contributed by atoms with Crippen molar-refractivity contribution in [3.63, 3.8) is 0 Å². The number of hydrogen-bond donors (Lipinski definition) is 0. The standard InChI is InChI=1S/C11H17NO5S/c1-5-17-9-6-7-11(10(8-9)15-3)18(13,14)12(2)16-4/h6-8H,5H2,1-4H3. The predicted molar refractivity (Wildman–Crippen MR) is 66.1 cm³/mol. The zero-order valence-corrected chi connectivity index (χ0v) is 11.7. The molecule has 0 aliphatic heterocycles. The highest BCUT2D eigenvalue weighted by Crippen LogP contribution is 2.30. The number of nitrogens with zero attached hydrogens (tertiary/aromatic N) is 1. The van der Waals surface area contributed by atoms with Crippen molar-refractivity contribution in [2.45, 2.75) is 11.8 Å². The first-order valence-corrected chi connectivity index (χ1v) is 6.75. The molecule has 0 aliphatic rings. The Morgan fingerprint density at radius 3 is 2.44 bits per heavy atom. The monoisotopic (exact) mass is 275 g/mol. The van der Waals surface area contributed by atoms with Gasteiger partial charge in [-0.05, 0) is 19.1 Å². The first-order chi connectivity index (χ1) is 8.47. The molecule has 0 saturated carbocycles. The van der Waals surface area contributed by atoms with Crippen molar-refractivity contribution >= 4 is 10.0 Å². The Hall–Kier alpha value is -1.31. The van der Waals surface area contributed by atoms with Crippen molar-refractivity contribution in [1.82, 2.24) is 4.47 Å². The minimum atomic E-state index is -3.73. The van der Waals surface area contributed by atoms with Crippen molar-refractivity contribution in [2.75, 3.05) is 27.9 Å². The van der Waals surface area contributed by atoms with Crippen molar-refractivity contribution in [3.05, 3.63) is 18.2 Å². The fourth-order valence-electron chi connectivity index (χ4n) is 1.35. The van der Waals surface area contributed by atoms with Gasteiger partial charge in [-0.15, -0.1) is 0 Å². The van der Waals surface area contributed by atoms with E-state index in [0.29, 0.717) is 12.4 Å². The highest BCUT2D eigenvalue weighted by molar-refractivity contribution is 7.89. The van der Waals surface area contributed by atoms with Crippen LogP contribution in [0.4, 0.5) is 0 Å². The Morgan fingerprint density at radius 1 is 1.28 bits per heavy atom. The van der Waals surface area contributed by atoms with Crippen LogP contribution in [0.1, 0.15) is 6.92 Å². The summed E-state index contributed by atoms with van der Waals surface area (Å²) in [5.41, 5.74) is 0. The molecule has 0 saturated heterocycles. The summed E-state index contributed by atoms with van der Waals surface area (Å²) in [5, 5.41) is 0. The number of benzene rings is 1. The topological polar surface area (TPSA) is 65.1 Å². The molecule has 0 amide bonds. The van der Waals surface area contributed by atoms with Crippen LogP contribution in [0.25, 0.3) is 0 Å². The Kier molecular flexibility index (Phi) is 4.94. The summed E-state index contributed by atoms with van der Waals surface area (Å²) in [7, 11) is 0.254. The molecular formula is C11H17NO5S. The lowest BCUT2D eigenvalue weighted by molar-refractivity contribution is -0.0259. The zero-order valence-electron chi connectivity index (χ0n) is 10.8. The molecule has 0 radical (unpaired) electrons. The highest BCUT2D eigenvalue weighted by atomic mass is 32.2. The van der Waals surface area contributed by atoms with Crippen LogP contribution in [0.15, 0.2) is 23.1 Å². The SMILES string of the molecule is CCOc1ccc(S(=O)(=O)N(C)OC)c(OC)c1. The van der Waals surface area contributed by atoms with Gasteiger partial charge in [0, 0.05) is 13.1 Å². The van der Waals surface area contributed by atoms with Crippen molar-refractivity contribution in [2.24, 2.45) is 0 Å². The van der Waals surface area contributed by atoms with Gasteiger partial charge in [-0.3, -0.25) is 4.84 Å². The third kappa shape index (κ3) is 2.92. The predicted octanol–water partition coefficient (Wildman–Crippen LogP) is 1.28. The molecule has 102 valence electrons. The Morgan fingerprint density at radius 2 is 1.94 bits per heavy atom. The second kappa shape index (κ2) is 6.03. The van der Waals surface area contributed by atoms with Gasteiger partial charge < -0.3 is 9.47 Å². The summed E-state index contributed by atoms with van der Waals surface area (Å²) >= 11 is 0. The molecule has 0 bridgehead atoms. The molecule has 1 aromatic carbocycles. The molecule has 0 N–H and O–H groups in total. The van der Waals surface area contributed by atoms with E-state index in [1.807, 2.05) is 6.92 Å². The highest BCUT2D eigenvalue weighted by Gasteiger charge is 2.25. The lowest BCUT2D eigenvalue weighted by Gasteiger charge is -2.16. The van der Waals surface area contributed by atoms with E-state index in [1.54, 1.807) is 6.07 Å². The molecule has 6 nitrogen and oxygen atoms in total. The summed E-state index contributed by atoms with van der Waals surface area (Å²) in [5.74, 6) is 0.762. The summed E-state index contributed by atoms with van der Waals surface area (Å²) in [6, 6.07) is 4.52. The number of methoxy groups -OCH3 is 1. The Labute approximate surface area is 107 Å². The van der Waals surface area contributed by atoms with Gasteiger partial charge in [0.25, 0.3) is 10.0 Å². The Balaban J connectivity index is 3.25. The summed E-state index contributed by atoms with van der Waals surface area (Å²) in [6.45, 7) is 2.34. The molecular weight excluding hydrogens is 258 g/mol. The molecule has 18 heavy (non-hydrogen) atoms. The van der Waals surface area contributed by atoms with Crippen molar-refractivity contribution < 1.29 is 22.7 Å². The van der Waals surface area contributed by atoms with Gasteiger partial charge in [0.15, 0.2) is 0 Å². The van der Waals surface area contributed by atoms with Crippen LogP contribution in [0.2, 0.25) is 0 Å². The molecule has 0 spiro atoms. The number of hydroxylamine groups is 1. The molecule has 0 aromatic heterocycles. The third-order valence-electron chi connectivity index (χ3n) is 2.32. The van der Waals surface area contributed by atoms with Gasteiger partial charge in [0.2, 0.25) is 0 Å². The fourth-order valence-corrected chi connectivity index (χ4v) is 2.46. The van der Waals surface area contributed by atoms with E-state index in [9.17, 15) is 8.42 Å². The van der Waals surface area contributed by atoms with E-state index >= 15 is 0 Å². The van der Waals surface area contributed by atoms with E-state index in [-0.39, 0.29) is 10.6 Å². The number of sulfonamides is 1. The zero-order chi connectivity index (χ0) is 13.8. The van der Waals surface area contributed by atoms with E-state index in [2.05, 4.69) is 0 Å². The minimum Gasteiger partial charge on any atom is -0.495 e. The first kappa shape index (κ1) is 14.7. The second-order valence-electron chi connectivity index (χ2n) is 3.34. The molecule has 1 aromatic rings. The largest absolute Gasteiger partial charge is 0.495 e. The van der Waals surface area contributed by atoms with Crippen molar-refractivity contribution in [1.29, 1.82) is 0 Å². The lowest BCUT2D eigenvalue weighted by atomic mass is 10.3. The van der Waals surface area contributed by atoms with Gasteiger partial charge in [-0.2, -0.15) is 0 Å². The van der Waals surface area contributed by atoms with Crippen molar-refractivity contribution in [3.8, 4) is 11.5 Å². The average Bonchev–Trinajstić information content (AvgIpc) is 2.37. The molecule has 0 fully saturated rings. The maximum atomic E-state index is 12.1. The summed E-state index contributed by atoms with van der Waals surface area (Å²) in [6.07, 6.45) is 0. The van der Waals surface area contributed by atoms with Crippen LogP contribution < -0.4 is 9.47 Å². The van der Waals surface area contributed by atoms with Gasteiger partial charge in [-0.1, -0.05) is 4.47 Å². The van der Waals surface area contributed by atoms with Gasteiger partial charge in [-0.25, -0.2) is 8.42 Å². The van der Waals surface area contributed by atoms with E-state index in [0.717, 1.165) is 4.47 Å². The lowest BCUT2D eigenvalue weighted by Crippen LogP contribution is -2.26.